The Hall–Kier alpha value is -2.36. The summed E-state index contributed by atoms with van der Waals surface area (Å²) < 4.78 is 0. The number of benzene rings is 1. The van der Waals surface area contributed by atoms with Gasteiger partial charge in [0.2, 0.25) is 0 Å². The molecule has 3 rings (SSSR count). The van der Waals surface area contributed by atoms with Crippen LogP contribution in [0.25, 0.3) is 5.70 Å². The lowest BCUT2D eigenvalue weighted by Gasteiger charge is -2.39. The summed E-state index contributed by atoms with van der Waals surface area (Å²) in [5.74, 6) is 0.249. The van der Waals surface area contributed by atoms with Gasteiger partial charge in [-0.25, -0.2) is 0 Å². The Morgan fingerprint density at radius 1 is 1.24 bits per heavy atom. The molecule has 3 nitrogen and oxygen atoms in total. The topological polar surface area (TPSA) is 32.3 Å². The minimum atomic E-state index is -0.0781. The molecule has 184 valence electrons. The van der Waals surface area contributed by atoms with E-state index in [4.69, 9.17) is 11.6 Å². The predicted molar refractivity (Wildman–Crippen MR) is 148 cm³/mol. The molecule has 0 saturated heterocycles. The number of halogens is 1. The van der Waals surface area contributed by atoms with Crippen LogP contribution in [0.4, 0.5) is 0 Å². The third kappa shape index (κ3) is 6.61. The number of carbonyl (C=O) groups excluding carboxylic acids is 1. The summed E-state index contributed by atoms with van der Waals surface area (Å²) in [6, 6.07) is 7.86. The molecular weight excluding hydrogens is 440 g/mol. The molecular formula is C30H41ClN2O. The number of ketones is 1. The van der Waals surface area contributed by atoms with Crippen molar-refractivity contribution < 1.29 is 4.79 Å². The first-order valence-electron chi connectivity index (χ1n) is 12.6. The van der Waals surface area contributed by atoms with Crippen molar-refractivity contribution in [2.24, 2.45) is 0 Å². The molecule has 34 heavy (non-hydrogen) atoms. The molecule has 1 aliphatic carbocycles. The molecule has 2 aliphatic rings. The third-order valence-corrected chi connectivity index (χ3v) is 6.65. The molecule has 0 bridgehead atoms. The molecule has 0 aromatic heterocycles. The van der Waals surface area contributed by atoms with Crippen LogP contribution in [0.2, 0.25) is 5.02 Å². The fraction of sp³-hybridized carbons (Fsp3) is 0.433. The molecule has 1 aliphatic heterocycles. The molecule has 0 radical (unpaired) electrons. The largest absolute Gasteiger partial charge is 0.358 e. The van der Waals surface area contributed by atoms with Crippen molar-refractivity contribution in [1.82, 2.24) is 10.2 Å². The van der Waals surface area contributed by atoms with Gasteiger partial charge >= 0.3 is 0 Å². The van der Waals surface area contributed by atoms with E-state index >= 15 is 0 Å². The van der Waals surface area contributed by atoms with Crippen LogP contribution in [0.3, 0.4) is 0 Å². The van der Waals surface area contributed by atoms with E-state index in [0.29, 0.717) is 0 Å². The minimum absolute atomic E-state index is 0.0781. The maximum atomic E-state index is 13.5. The Bertz CT molecular complexity index is 1010. The zero-order chi connectivity index (χ0) is 25.3. The quantitative estimate of drug-likeness (QED) is 0.420. The lowest BCUT2D eigenvalue weighted by molar-refractivity contribution is -0.121. The molecule has 4 heteroatoms. The van der Waals surface area contributed by atoms with Crippen molar-refractivity contribution in [2.45, 2.75) is 73.3 Å². The highest BCUT2D eigenvalue weighted by Crippen LogP contribution is 2.33. The number of Topliss-reactive ketones (excluding diaryl/α,β-unsaturated/α-hetero) is 1. The number of allylic oxidation sites excluding steroid dienone is 5. The molecule has 1 heterocycles. The Morgan fingerprint density at radius 2 is 1.94 bits per heavy atom. The van der Waals surface area contributed by atoms with E-state index < -0.39 is 0 Å². The maximum Gasteiger partial charge on any atom is 0.180 e. The number of nitrogens with one attached hydrogen (secondary N) is 1. The first-order valence-corrected chi connectivity index (χ1v) is 12.9. The van der Waals surface area contributed by atoms with Gasteiger partial charge in [0, 0.05) is 40.6 Å². The summed E-state index contributed by atoms with van der Waals surface area (Å²) in [6.07, 6.45) is 9.59. The summed E-state index contributed by atoms with van der Waals surface area (Å²) in [5.41, 5.74) is 7.66. The Morgan fingerprint density at radius 3 is 2.56 bits per heavy atom. The Balaban J connectivity index is 0.00000199. The van der Waals surface area contributed by atoms with Crippen LogP contribution in [-0.2, 0) is 4.79 Å². The molecule has 1 unspecified atom stereocenters. The van der Waals surface area contributed by atoms with Crippen LogP contribution in [0.15, 0.2) is 77.1 Å². The molecule has 1 saturated carbocycles. The van der Waals surface area contributed by atoms with E-state index in [9.17, 15) is 4.79 Å². The highest BCUT2D eigenvalue weighted by molar-refractivity contribution is 6.32. The van der Waals surface area contributed by atoms with Crippen molar-refractivity contribution in [3.63, 3.8) is 0 Å². The Labute approximate surface area is 212 Å². The van der Waals surface area contributed by atoms with Gasteiger partial charge in [-0.2, -0.15) is 0 Å². The predicted octanol–water partition coefficient (Wildman–Crippen LogP) is 7.87. The lowest BCUT2D eigenvalue weighted by Crippen LogP contribution is -2.48. The van der Waals surface area contributed by atoms with Gasteiger partial charge in [-0.05, 0) is 58.1 Å². The fourth-order valence-corrected chi connectivity index (χ4v) is 4.90. The van der Waals surface area contributed by atoms with Gasteiger partial charge in [-0.15, -0.1) is 0 Å². The number of hydrogen-bond donors (Lipinski definition) is 1. The number of hydrogen-bond acceptors (Lipinski definition) is 3. The summed E-state index contributed by atoms with van der Waals surface area (Å²) in [5, 5.41) is 4.42. The van der Waals surface area contributed by atoms with Gasteiger partial charge in [0.15, 0.2) is 5.78 Å². The number of rotatable bonds is 6. The van der Waals surface area contributed by atoms with Crippen molar-refractivity contribution in [3.05, 3.63) is 87.6 Å². The molecule has 1 N–H and O–H groups in total. The van der Waals surface area contributed by atoms with Gasteiger partial charge < -0.3 is 5.32 Å². The summed E-state index contributed by atoms with van der Waals surface area (Å²) >= 11 is 6.49. The van der Waals surface area contributed by atoms with Gasteiger partial charge in [-0.3, -0.25) is 9.69 Å². The first kappa shape index (κ1) is 27.9. The second-order valence-electron chi connectivity index (χ2n) is 8.83. The second-order valence-corrected chi connectivity index (χ2v) is 9.24. The average molecular weight is 481 g/mol. The van der Waals surface area contributed by atoms with Gasteiger partial charge in [0.05, 0.1) is 6.04 Å². The SMILES string of the molecule is C=C/C=C1/CCC(N2CCC(C)=C(N/C(=C/CC)c3ccccc3Cl)C2)C(=O)C1=C(C)C.CC. The summed E-state index contributed by atoms with van der Waals surface area (Å²) in [6.45, 7) is 17.9. The van der Waals surface area contributed by atoms with E-state index in [1.165, 1.54) is 11.3 Å². The highest BCUT2D eigenvalue weighted by Gasteiger charge is 2.35. The number of carbonyl (C=O) groups is 1. The third-order valence-electron chi connectivity index (χ3n) is 6.33. The van der Waals surface area contributed by atoms with E-state index in [0.717, 1.165) is 71.8 Å². The van der Waals surface area contributed by atoms with Crippen LogP contribution < -0.4 is 5.32 Å². The van der Waals surface area contributed by atoms with Crippen LogP contribution in [0.5, 0.6) is 0 Å². The molecule has 0 amide bonds. The lowest BCUT2D eigenvalue weighted by atomic mass is 9.81. The summed E-state index contributed by atoms with van der Waals surface area (Å²) in [4.78, 5) is 15.8. The minimum Gasteiger partial charge on any atom is -0.358 e. The van der Waals surface area contributed by atoms with Crippen molar-refractivity contribution in [3.8, 4) is 0 Å². The Kier molecular flexibility index (Phi) is 11.1. The maximum absolute atomic E-state index is 13.5. The van der Waals surface area contributed by atoms with Gasteiger partial charge in [0.25, 0.3) is 0 Å². The van der Waals surface area contributed by atoms with Crippen LogP contribution in [0.1, 0.15) is 72.8 Å². The zero-order valence-electron chi connectivity index (χ0n) is 21.8. The molecule has 1 aromatic carbocycles. The van der Waals surface area contributed by atoms with E-state index in [-0.39, 0.29) is 11.8 Å². The highest BCUT2D eigenvalue weighted by atomic mass is 35.5. The molecule has 1 aromatic rings. The van der Waals surface area contributed by atoms with Crippen molar-refractivity contribution in [2.75, 3.05) is 13.1 Å². The monoisotopic (exact) mass is 480 g/mol. The summed E-state index contributed by atoms with van der Waals surface area (Å²) in [7, 11) is 0. The zero-order valence-corrected chi connectivity index (χ0v) is 22.6. The van der Waals surface area contributed by atoms with Gasteiger partial charge in [-0.1, -0.05) is 86.5 Å². The standard InChI is InChI=1S/C28H35ClN2O.C2H6/c1-6-10-21-14-15-26(28(32)27(21)19(3)4)31-17-16-20(5)25(18-31)30-24(11-7-2)22-12-8-9-13-23(22)29;1-2/h6,8-13,26,30H,1,7,14-18H2,2-5H3;1-2H3/b21-10-,24-11+;. The van der Waals surface area contributed by atoms with E-state index in [2.05, 4.69) is 36.7 Å². The van der Waals surface area contributed by atoms with Crippen molar-refractivity contribution >= 4 is 23.1 Å². The first-order chi connectivity index (χ1) is 16.4. The number of nitrogens with zero attached hydrogens (tertiary/aromatic N) is 1. The average Bonchev–Trinajstić information content (AvgIpc) is 2.82. The smallest absolute Gasteiger partial charge is 0.180 e. The van der Waals surface area contributed by atoms with Crippen molar-refractivity contribution in [1.29, 1.82) is 0 Å². The second kappa shape index (κ2) is 13.5. The van der Waals surface area contributed by atoms with Crippen LogP contribution >= 0.6 is 11.6 Å². The van der Waals surface area contributed by atoms with Crippen LogP contribution in [0, 0.1) is 0 Å². The molecule has 0 spiro atoms. The molecule has 1 atom stereocenters. The normalized spacial score (nSPS) is 20.7. The van der Waals surface area contributed by atoms with E-state index in [1.54, 1.807) is 6.08 Å². The van der Waals surface area contributed by atoms with E-state index in [1.807, 2.05) is 58.0 Å². The van der Waals surface area contributed by atoms with Crippen LogP contribution in [-0.4, -0.2) is 29.8 Å². The fourth-order valence-electron chi connectivity index (χ4n) is 4.66. The van der Waals surface area contributed by atoms with Gasteiger partial charge in [0.1, 0.15) is 0 Å². The molecule has 1 fully saturated rings.